The Labute approximate surface area is 157 Å². The molecule has 0 radical (unpaired) electrons. The molecular weight excluding hydrogens is 350 g/mol. The Morgan fingerprint density at radius 2 is 1.96 bits per heavy atom. The SMILES string of the molecule is COc1cccc(C(=O)O)c1Cn1c2c(c3cccc(Cl)c31)CCCC2. The van der Waals surface area contributed by atoms with E-state index in [2.05, 4.69) is 10.6 Å². The van der Waals surface area contributed by atoms with Crippen LogP contribution in [0.2, 0.25) is 5.02 Å². The lowest BCUT2D eigenvalue weighted by molar-refractivity contribution is 0.0695. The van der Waals surface area contributed by atoms with Crippen molar-refractivity contribution in [2.75, 3.05) is 7.11 Å². The van der Waals surface area contributed by atoms with Gasteiger partial charge in [-0.1, -0.05) is 29.8 Å². The molecule has 1 aliphatic rings. The topological polar surface area (TPSA) is 51.5 Å². The predicted molar refractivity (Wildman–Crippen MR) is 103 cm³/mol. The minimum absolute atomic E-state index is 0.266. The molecule has 1 aromatic heterocycles. The number of halogens is 1. The summed E-state index contributed by atoms with van der Waals surface area (Å²) in [6.45, 7) is 0.432. The first-order valence-electron chi connectivity index (χ1n) is 8.79. The molecule has 1 N–H and O–H groups in total. The summed E-state index contributed by atoms with van der Waals surface area (Å²) in [5.41, 5.74) is 4.54. The van der Waals surface area contributed by atoms with Gasteiger partial charge in [0.1, 0.15) is 5.75 Å². The van der Waals surface area contributed by atoms with Gasteiger partial charge < -0.3 is 14.4 Å². The van der Waals surface area contributed by atoms with Gasteiger partial charge in [-0.15, -0.1) is 0 Å². The third kappa shape index (κ3) is 2.65. The van der Waals surface area contributed by atoms with Crippen LogP contribution in [0.3, 0.4) is 0 Å². The predicted octanol–water partition coefficient (Wildman–Crippen LogP) is 4.93. The largest absolute Gasteiger partial charge is 0.496 e. The summed E-state index contributed by atoms with van der Waals surface area (Å²) in [5.74, 6) is -0.362. The quantitative estimate of drug-likeness (QED) is 0.709. The Morgan fingerprint density at radius 3 is 2.73 bits per heavy atom. The molecule has 0 fully saturated rings. The molecule has 4 rings (SSSR count). The first-order valence-corrected chi connectivity index (χ1v) is 9.17. The number of aryl methyl sites for hydroxylation is 1. The second-order valence-electron chi connectivity index (χ2n) is 6.65. The second kappa shape index (κ2) is 6.69. The lowest BCUT2D eigenvalue weighted by atomic mass is 9.95. The van der Waals surface area contributed by atoms with Crippen LogP contribution < -0.4 is 4.74 Å². The number of nitrogens with zero attached hydrogens (tertiary/aromatic N) is 1. The van der Waals surface area contributed by atoms with Crippen molar-refractivity contribution >= 4 is 28.5 Å². The minimum atomic E-state index is -0.949. The summed E-state index contributed by atoms with van der Waals surface area (Å²) in [4.78, 5) is 11.7. The zero-order valence-electron chi connectivity index (χ0n) is 14.6. The van der Waals surface area contributed by atoms with Crippen molar-refractivity contribution in [1.29, 1.82) is 0 Å². The van der Waals surface area contributed by atoms with Crippen LogP contribution >= 0.6 is 11.6 Å². The van der Waals surface area contributed by atoms with Crippen molar-refractivity contribution in [3.05, 3.63) is 63.8 Å². The van der Waals surface area contributed by atoms with Gasteiger partial charge in [0.25, 0.3) is 0 Å². The zero-order chi connectivity index (χ0) is 18.3. The van der Waals surface area contributed by atoms with E-state index >= 15 is 0 Å². The van der Waals surface area contributed by atoms with E-state index in [9.17, 15) is 9.90 Å². The smallest absolute Gasteiger partial charge is 0.336 e. The Balaban J connectivity index is 1.96. The molecule has 1 aliphatic carbocycles. The normalized spacial score (nSPS) is 13.6. The number of carbonyl (C=O) groups is 1. The van der Waals surface area contributed by atoms with Crippen LogP contribution in [0.25, 0.3) is 10.9 Å². The molecule has 5 heteroatoms. The van der Waals surface area contributed by atoms with Crippen LogP contribution in [-0.4, -0.2) is 22.8 Å². The number of methoxy groups -OCH3 is 1. The van der Waals surface area contributed by atoms with E-state index in [0.29, 0.717) is 22.9 Å². The maximum absolute atomic E-state index is 11.7. The van der Waals surface area contributed by atoms with Gasteiger partial charge in [0, 0.05) is 16.6 Å². The summed E-state index contributed by atoms with van der Waals surface area (Å²) in [7, 11) is 1.57. The van der Waals surface area contributed by atoms with Gasteiger partial charge in [0.2, 0.25) is 0 Å². The summed E-state index contributed by atoms with van der Waals surface area (Å²) in [6.07, 6.45) is 4.33. The van der Waals surface area contributed by atoms with Crippen molar-refractivity contribution in [3.8, 4) is 5.75 Å². The van der Waals surface area contributed by atoms with Crippen LogP contribution in [0.15, 0.2) is 36.4 Å². The molecule has 0 bridgehead atoms. The Bertz CT molecular complexity index is 1010. The highest BCUT2D eigenvalue weighted by atomic mass is 35.5. The molecule has 0 saturated heterocycles. The fourth-order valence-corrected chi connectivity index (χ4v) is 4.38. The van der Waals surface area contributed by atoms with Crippen LogP contribution in [0, 0.1) is 0 Å². The maximum atomic E-state index is 11.7. The maximum Gasteiger partial charge on any atom is 0.336 e. The molecule has 134 valence electrons. The Morgan fingerprint density at radius 1 is 1.19 bits per heavy atom. The van der Waals surface area contributed by atoms with Crippen molar-refractivity contribution in [1.82, 2.24) is 4.57 Å². The van der Waals surface area contributed by atoms with E-state index in [0.717, 1.165) is 24.8 Å². The highest BCUT2D eigenvalue weighted by molar-refractivity contribution is 6.35. The number of ether oxygens (including phenoxy) is 1. The first-order chi connectivity index (χ1) is 12.6. The summed E-state index contributed by atoms with van der Waals surface area (Å²) in [6, 6.07) is 11.1. The lowest BCUT2D eigenvalue weighted by Crippen LogP contribution is -2.13. The van der Waals surface area contributed by atoms with Crippen molar-refractivity contribution in [2.45, 2.75) is 32.2 Å². The van der Waals surface area contributed by atoms with E-state index in [4.69, 9.17) is 16.3 Å². The van der Waals surface area contributed by atoms with Crippen LogP contribution in [0.5, 0.6) is 5.75 Å². The Kier molecular flexibility index (Phi) is 4.37. The monoisotopic (exact) mass is 369 g/mol. The number of rotatable bonds is 4. The van der Waals surface area contributed by atoms with Crippen LogP contribution in [-0.2, 0) is 19.4 Å². The number of carboxylic acids is 1. The fraction of sp³-hybridized carbons (Fsp3) is 0.286. The van der Waals surface area contributed by atoms with Gasteiger partial charge in [-0.25, -0.2) is 4.79 Å². The molecule has 0 aliphatic heterocycles. The third-order valence-corrected chi connectivity index (χ3v) is 5.55. The van der Waals surface area contributed by atoms with E-state index in [1.807, 2.05) is 18.2 Å². The van der Waals surface area contributed by atoms with Crippen LogP contribution in [0.4, 0.5) is 0 Å². The molecule has 1 heterocycles. The van der Waals surface area contributed by atoms with Gasteiger partial charge in [-0.3, -0.25) is 0 Å². The zero-order valence-corrected chi connectivity index (χ0v) is 15.3. The number of carboxylic acid groups (broad SMARTS) is 1. The van der Waals surface area contributed by atoms with Gasteiger partial charge in [0.15, 0.2) is 0 Å². The van der Waals surface area contributed by atoms with Gasteiger partial charge in [0.05, 0.1) is 29.8 Å². The number of hydrogen-bond donors (Lipinski definition) is 1. The minimum Gasteiger partial charge on any atom is -0.496 e. The highest BCUT2D eigenvalue weighted by Crippen LogP contribution is 2.37. The number of para-hydroxylation sites is 1. The molecule has 0 spiro atoms. The van der Waals surface area contributed by atoms with E-state index in [1.54, 1.807) is 19.2 Å². The van der Waals surface area contributed by atoms with E-state index < -0.39 is 5.97 Å². The highest BCUT2D eigenvalue weighted by Gasteiger charge is 2.24. The number of fused-ring (bicyclic) bond motifs is 3. The summed E-state index contributed by atoms with van der Waals surface area (Å²) < 4.78 is 7.65. The molecule has 2 aromatic carbocycles. The Hall–Kier alpha value is -2.46. The summed E-state index contributed by atoms with van der Waals surface area (Å²) >= 11 is 6.56. The molecule has 4 nitrogen and oxygen atoms in total. The van der Waals surface area contributed by atoms with E-state index in [-0.39, 0.29) is 5.56 Å². The molecule has 3 aromatic rings. The number of benzene rings is 2. The van der Waals surface area contributed by atoms with Crippen molar-refractivity contribution < 1.29 is 14.6 Å². The molecule has 0 atom stereocenters. The molecular formula is C21H20ClNO3. The standard InChI is InChI=1S/C21H20ClNO3/c1-26-19-11-5-8-15(21(24)25)16(19)12-23-18-10-3-2-6-13(18)14-7-4-9-17(22)20(14)23/h4-5,7-9,11H,2-3,6,10,12H2,1H3,(H,24,25). The molecule has 26 heavy (non-hydrogen) atoms. The number of hydrogen-bond acceptors (Lipinski definition) is 2. The van der Waals surface area contributed by atoms with Crippen molar-refractivity contribution in [3.63, 3.8) is 0 Å². The third-order valence-electron chi connectivity index (χ3n) is 5.25. The first kappa shape index (κ1) is 17.0. The van der Waals surface area contributed by atoms with E-state index in [1.165, 1.54) is 23.1 Å². The molecule has 0 unspecified atom stereocenters. The van der Waals surface area contributed by atoms with Gasteiger partial charge in [-0.2, -0.15) is 0 Å². The average Bonchev–Trinajstić information content (AvgIpc) is 2.97. The van der Waals surface area contributed by atoms with Gasteiger partial charge >= 0.3 is 5.97 Å². The fourth-order valence-electron chi connectivity index (χ4n) is 4.10. The number of aromatic carboxylic acids is 1. The second-order valence-corrected chi connectivity index (χ2v) is 7.05. The van der Waals surface area contributed by atoms with Crippen molar-refractivity contribution in [2.24, 2.45) is 0 Å². The molecule has 0 saturated carbocycles. The average molecular weight is 370 g/mol. The van der Waals surface area contributed by atoms with Gasteiger partial charge in [-0.05, 0) is 49.4 Å². The summed E-state index contributed by atoms with van der Waals surface area (Å²) in [5, 5.41) is 11.5. The number of aromatic nitrogens is 1. The molecule has 0 amide bonds. The lowest BCUT2D eigenvalue weighted by Gasteiger charge is -2.18. The van der Waals surface area contributed by atoms with Crippen LogP contribution in [0.1, 0.15) is 40.0 Å².